The normalized spacial score (nSPS) is 12.8. The topological polar surface area (TPSA) is 79.4 Å². The van der Waals surface area contributed by atoms with E-state index in [1.165, 1.54) is 11.2 Å². The van der Waals surface area contributed by atoms with Crippen molar-refractivity contribution in [2.75, 3.05) is 5.32 Å². The average Bonchev–Trinajstić information content (AvgIpc) is 2.96. The fourth-order valence-electron chi connectivity index (χ4n) is 1.82. The summed E-state index contributed by atoms with van der Waals surface area (Å²) >= 11 is 7.54. The minimum atomic E-state index is -0.0446. The van der Waals surface area contributed by atoms with E-state index in [4.69, 9.17) is 11.6 Å². The average molecular weight is 295 g/mol. The van der Waals surface area contributed by atoms with E-state index >= 15 is 0 Å². The molecular formula is C11H11ClN6S. The van der Waals surface area contributed by atoms with Crippen molar-refractivity contribution in [2.45, 2.75) is 19.9 Å². The van der Waals surface area contributed by atoms with Gasteiger partial charge in [-0.15, -0.1) is 11.3 Å². The van der Waals surface area contributed by atoms with Gasteiger partial charge >= 0.3 is 0 Å². The van der Waals surface area contributed by atoms with E-state index in [1.807, 2.05) is 19.9 Å². The van der Waals surface area contributed by atoms with E-state index < -0.39 is 0 Å². The zero-order valence-electron chi connectivity index (χ0n) is 10.3. The minimum absolute atomic E-state index is 0.0446. The number of aromatic nitrogens is 5. The Morgan fingerprint density at radius 3 is 3.00 bits per heavy atom. The zero-order valence-corrected chi connectivity index (χ0v) is 11.9. The summed E-state index contributed by atoms with van der Waals surface area (Å²) in [7, 11) is 0. The highest BCUT2D eigenvalue weighted by atomic mass is 35.5. The maximum atomic E-state index is 5.95. The summed E-state index contributed by atoms with van der Waals surface area (Å²) in [5, 5.41) is 11.2. The Morgan fingerprint density at radius 2 is 2.26 bits per heavy atom. The van der Waals surface area contributed by atoms with E-state index in [-0.39, 0.29) is 11.3 Å². The SMILES string of the molecule is Cc1cc2c(NC(C)c3ncn[nH]3)nc(Cl)nc2s1. The van der Waals surface area contributed by atoms with Crippen LogP contribution in [0.15, 0.2) is 12.4 Å². The highest BCUT2D eigenvalue weighted by molar-refractivity contribution is 7.18. The Kier molecular flexibility index (Phi) is 3.08. The van der Waals surface area contributed by atoms with Crippen molar-refractivity contribution in [3.63, 3.8) is 0 Å². The molecule has 0 fully saturated rings. The monoisotopic (exact) mass is 294 g/mol. The van der Waals surface area contributed by atoms with Gasteiger partial charge in [0.1, 0.15) is 22.8 Å². The summed E-state index contributed by atoms with van der Waals surface area (Å²) in [6, 6.07) is 2.00. The number of aryl methyl sites for hydroxylation is 1. The van der Waals surface area contributed by atoms with Gasteiger partial charge in [0.25, 0.3) is 0 Å². The molecule has 0 aromatic carbocycles. The van der Waals surface area contributed by atoms with Gasteiger partial charge in [-0.1, -0.05) is 0 Å². The van der Waals surface area contributed by atoms with Gasteiger partial charge in [-0.05, 0) is 31.5 Å². The molecule has 3 aromatic rings. The van der Waals surface area contributed by atoms with Crippen LogP contribution in [-0.2, 0) is 0 Å². The molecule has 8 heteroatoms. The second kappa shape index (κ2) is 4.75. The lowest BCUT2D eigenvalue weighted by atomic mass is 10.3. The van der Waals surface area contributed by atoms with Gasteiger partial charge in [-0.3, -0.25) is 5.10 Å². The van der Waals surface area contributed by atoms with Crippen LogP contribution in [0.25, 0.3) is 10.2 Å². The Labute approximate surface area is 118 Å². The van der Waals surface area contributed by atoms with Crippen molar-refractivity contribution in [1.82, 2.24) is 25.1 Å². The van der Waals surface area contributed by atoms with Crippen LogP contribution in [0.3, 0.4) is 0 Å². The number of nitrogens with one attached hydrogen (secondary N) is 2. The summed E-state index contributed by atoms with van der Waals surface area (Å²) in [6.45, 7) is 4.01. The summed E-state index contributed by atoms with van der Waals surface area (Å²) in [5.74, 6) is 1.46. The maximum Gasteiger partial charge on any atom is 0.225 e. The Balaban J connectivity index is 2.00. The molecule has 6 nitrogen and oxygen atoms in total. The molecule has 0 saturated heterocycles. The molecular weight excluding hydrogens is 284 g/mol. The molecule has 3 aromatic heterocycles. The molecule has 0 bridgehead atoms. The summed E-state index contributed by atoms with van der Waals surface area (Å²) in [6.07, 6.45) is 1.48. The third kappa shape index (κ3) is 2.39. The van der Waals surface area contributed by atoms with Crippen molar-refractivity contribution in [2.24, 2.45) is 0 Å². The van der Waals surface area contributed by atoms with E-state index in [0.717, 1.165) is 16.0 Å². The molecule has 0 amide bonds. The number of rotatable bonds is 3. The Hall–Kier alpha value is -1.73. The van der Waals surface area contributed by atoms with Crippen LogP contribution < -0.4 is 5.32 Å². The van der Waals surface area contributed by atoms with E-state index in [1.54, 1.807) is 11.3 Å². The molecule has 0 aliphatic rings. The van der Waals surface area contributed by atoms with Crippen molar-refractivity contribution in [1.29, 1.82) is 0 Å². The van der Waals surface area contributed by atoms with Crippen LogP contribution in [0.1, 0.15) is 23.7 Å². The van der Waals surface area contributed by atoms with Crippen LogP contribution >= 0.6 is 22.9 Å². The molecule has 3 heterocycles. The van der Waals surface area contributed by atoms with E-state index in [0.29, 0.717) is 5.82 Å². The van der Waals surface area contributed by atoms with Crippen LogP contribution in [0, 0.1) is 6.92 Å². The van der Waals surface area contributed by atoms with Crippen LogP contribution in [0.2, 0.25) is 5.28 Å². The standard InChI is InChI=1S/C11H11ClN6S/c1-5-3-7-9(16-11(12)17-10(7)19-5)15-6(2)8-13-4-14-18-8/h3-4,6H,1-2H3,(H,13,14,18)(H,15,16,17). The van der Waals surface area contributed by atoms with Crippen molar-refractivity contribution < 1.29 is 0 Å². The maximum absolute atomic E-state index is 5.95. The third-order valence-electron chi connectivity index (χ3n) is 2.69. The molecule has 0 aliphatic heterocycles. The first-order valence-electron chi connectivity index (χ1n) is 5.69. The number of thiophene rings is 1. The molecule has 0 radical (unpaired) electrons. The first kappa shape index (κ1) is 12.3. The summed E-state index contributed by atoms with van der Waals surface area (Å²) in [4.78, 5) is 14.6. The molecule has 0 spiro atoms. The molecule has 0 saturated carbocycles. The highest BCUT2D eigenvalue weighted by Gasteiger charge is 2.14. The van der Waals surface area contributed by atoms with Crippen LogP contribution in [0.4, 0.5) is 5.82 Å². The van der Waals surface area contributed by atoms with Crippen LogP contribution in [-0.4, -0.2) is 25.1 Å². The molecule has 19 heavy (non-hydrogen) atoms. The summed E-state index contributed by atoms with van der Waals surface area (Å²) in [5.41, 5.74) is 0. The largest absolute Gasteiger partial charge is 0.360 e. The van der Waals surface area contributed by atoms with E-state index in [9.17, 15) is 0 Å². The first-order valence-corrected chi connectivity index (χ1v) is 6.88. The van der Waals surface area contributed by atoms with Crippen LogP contribution in [0.5, 0.6) is 0 Å². The van der Waals surface area contributed by atoms with Gasteiger partial charge in [0, 0.05) is 4.88 Å². The number of fused-ring (bicyclic) bond motifs is 1. The number of halogens is 1. The molecule has 98 valence electrons. The number of anilines is 1. The zero-order chi connectivity index (χ0) is 13.4. The summed E-state index contributed by atoms with van der Waals surface area (Å²) < 4.78 is 0. The predicted molar refractivity (Wildman–Crippen MR) is 75.6 cm³/mol. The quantitative estimate of drug-likeness (QED) is 0.726. The fourth-order valence-corrected chi connectivity index (χ4v) is 2.92. The van der Waals surface area contributed by atoms with Gasteiger partial charge in [-0.2, -0.15) is 5.10 Å². The number of hydrogen-bond acceptors (Lipinski definition) is 6. The van der Waals surface area contributed by atoms with Gasteiger partial charge in [0.2, 0.25) is 5.28 Å². The number of H-pyrrole nitrogens is 1. The first-order chi connectivity index (χ1) is 9.13. The predicted octanol–water partition coefficient (Wildman–Crippen LogP) is 2.94. The molecule has 1 atom stereocenters. The molecule has 2 N–H and O–H groups in total. The highest BCUT2D eigenvalue weighted by Crippen LogP contribution is 2.30. The van der Waals surface area contributed by atoms with Crippen molar-refractivity contribution in [3.8, 4) is 0 Å². The van der Waals surface area contributed by atoms with Crippen molar-refractivity contribution >= 4 is 39.0 Å². The smallest absolute Gasteiger partial charge is 0.225 e. The fraction of sp³-hybridized carbons (Fsp3) is 0.273. The molecule has 3 rings (SSSR count). The lowest BCUT2D eigenvalue weighted by molar-refractivity contribution is 0.791. The van der Waals surface area contributed by atoms with Gasteiger partial charge in [0.05, 0.1) is 11.4 Å². The lowest BCUT2D eigenvalue weighted by Gasteiger charge is -2.12. The Morgan fingerprint density at radius 1 is 1.42 bits per heavy atom. The van der Waals surface area contributed by atoms with Gasteiger partial charge in [-0.25, -0.2) is 15.0 Å². The third-order valence-corrected chi connectivity index (χ3v) is 3.80. The number of hydrogen-bond donors (Lipinski definition) is 2. The molecule has 0 aliphatic carbocycles. The lowest BCUT2D eigenvalue weighted by Crippen LogP contribution is -2.10. The second-order valence-corrected chi connectivity index (χ2v) is 5.73. The Bertz CT molecular complexity index is 707. The second-order valence-electron chi connectivity index (χ2n) is 4.15. The van der Waals surface area contributed by atoms with Crippen molar-refractivity contribution in [3.05, 3.63) is 28.4 Å². The minimum Gasteiger partial charge on any atom is -0.360 e. The van der Waals surface area contributed by atoms with Gasteiger partial charge in [0.15, 0.2) is 0 Å². The molecule has 1 unspecified atom stereocenters. The van der Waals surface area contributed by atoms with E-state index in [2.05, 4.69) is 30.5 Å². The number of aromatic amines is 1. The number of nitrogens with zero attached hydrogens (tertiary/aromatic N) is 4. The van der Waals surface area contributed by atoms with Gasteiger partial charge < -0.3 is 5.32 Å².